The highest BCUT2D eigenvalue weighted by Crippen LogP contribution is 2.55. The third kappa shape index (κ3) is 2.06. The number of benzene rings is 2. The quantitative estimate of drug-likeness (QED) is 0.843. The highest BCUT2D eigenvalue weighted by Gasteiger charge is 2.39. The lowest BCUT2D eigenvalue weighted by molar-refractivity contribution is -0.167. The maximum atomic E-state index is 5.87. The largest absolute Gasteiger partial charge is 0.493 e. The molecule has 1 atom stereocenters. The van der Waals surface area contributed by atoms with Gasteiger partial charge in [0.25, 0.3) is 0 Å². The second-order valence-electron chi connectivity index (χ2n) is 6.72. The molecule has 0 fully saturated rings. The van der Waals surface area contributed by atoms with E-state index in [1.54, 1.807) is 21.3 Å². The van der Waals surface area contributed by atoms with Crippen molar-refractivity contribution in [1.82, 2.24) is 5.06 Å². The maximum absolute atomic E-state index is 5.87. The monoisotopic (exact) mass is 355 g/mol. The second kappa shape index (κ2) is 5.79. The summed E-state index contributed by atoms with van der Waals surface area (Å²) < 4.78 is 22.6. The molecule has 0 amide bonds. The van der Waals surface area contributed by atoms with Gasteiger partial charge in [-0.15, -0.1) is 0 Å². The van der Waals surface area contributed by atoms with E-state index in [1.165, 1.54) is 16.7 Å². The van der Waals surface area contributed by atoms with Crippen LogP contribution in [0.25, 0.3) is 11.1 Å². The third-order valence-electron chi connectivity index (χ3n) is 5.60. The number of ether oxygens (including phenoxy) is 4. The molecule has 2 aromatic rings. The van der Waals surface area contributed by atoms with Crippen LogP contribution < -0.4 is 18.9 Å². The number of fused-ring (bicyclic) bond motifs is 4. The average Bonchev–Trinajstić information content (AvgIpc) is 3.15. The molecule has 0 bridgehead atoms. The van der Waals surface area contributed by atoms with Crippen molar-refractivity contribution < 1.29 is 23.8 Å². The van der Waals surface area contributed by atoms with Gasteiger partial charge in [0, 0.05) is 12.1 Å². The van der Waals surface area contributed by atoms with E-state index in [1.807, 2.05) is 6.07 Å². The van der Waals surface area contributed by atoms with E-state index < -0.39 is 0 Å². The molecule has 136 valence electrons. The Hall–Kier alpha value is -2.44. The number of hydrogen-bond donors (Lipinski definition) is 0. The van der Waals surface area contributed by atoms with Crippen LogP contribution in [0, 0.1) is 0 Å². The molecule has 0 spiro atoms. The molecule has 2 aromatic carbocycles. The molecule has 0 aromatic heterocycles. The molecular weight excluding hydrogens is 334 g/mol. The van der Waals surface area contributed by atoms with Gasteiger partial charge in [-0.05, 0) is 53.3 Å². The second-order valence-corrected chi connectivity index (χ2v) is 6.72. The predicted molar refractivity (Wildman–Crippen MR) is 95.0 cm³/mol. The Morgan fingerprint density at radius 1 is 1.00 bits per heavy atom. The lowest BCUT2D eigenvalue weighted by Gasteiger charge is -2.40. The van der Waals surface area contributed by atoms with Gasteiger partial charge in [-0.25, -0.2) is 0 Å². The first-order chi connectivity index (χ1) is 12.7. The highest BCUT2D eigenvalue weighted by atomic mass is 16.7. The number of nitrogens with zero attached hydrogens (tertiary/aromatic N) is 1. The minimum Gasteiger partial charge on any atom is -0.493 e. The topological polar surface area (TPSA) is 49.4 Å². The summed E-state index contributed by atoms with van der Waals surface area (Å²) in [5, 5.41) is 2.06. The molecule has 2 heterocycles. The number of hydrogen-bond acceptors (Lipinski definition) is 6. The lowest BCUT2D eigenvalue weighted by atomic mass is 9.77. The summed E-state index contributed by atoms with van der Waals surface area (Å²) in [6, 6.07) is 6.40. The summed E-state index contributed by atoms with van der Waals surface area (Å²) in [6.45, 7) is 1.11. The van der Waals surface area contributed by atoms with E-state index in [-0.39, 0.29) is 12.8 Å². The van der Waals surface area contributed by atoms with E-state index in [2.05, 4.69) is 17.2 Å². The van der Waals surface area contributed by atoms with E-state index >= 15 is 0 Å². The SMILES string of the molecule is COc1cc2c(cc1OC)-c1c3c(cc4c1[C@@H](C2)N(OC)CC4)OCO3. The highest BCUT2D eigenvalue weighted by molar-refractivity contribution is 5.85. The van der Waals surface area contributed by atoms with Crippen molar-refractivity contribution >= 4 is 0 Å². The Labute approximate surface area is 152 Å². The van der Waals surface area contributed by atoms with E-state index in [9.17, 15) is 0 Å². The fourth-order valence-corrected chi connectivity index (χ4v) is 4.45. The van der Waals surface area contributed by atoms with Crippen LogP contribution in [0.5, 0.6) is 23.0 Å². The Morgan fingerprint density at radius 2 is 1.81 bits per heavy atom. The van der Waals surface area contributed by atoms with E-state index in [0.717, 1.165) is 53.5 Å². The van der Waals surface area contributed by atoms with Crippen molar-refractivity contribution in [3.05, 3.63) is 34.9 Å². The van der Waals surface area contributed by atoms with Crippen LogP contribution in [0.1, 0.15) is 22.7 Å². The van der Waals surface area contributed by atoms with Gasteiger partial charge in [-0.3, -0.25) is 0 Å². The van der Waals surface area contributed by atoms with Crippen LogP contribution >= 0.6 is 0 Å². The van der Waals surface area contributed by atoms with Gasteiger partial charge in [0.1, 0.15) is 0 Å². The van der Waals surface area contributed by atoms with Gasteiger partial charge < -0.3 is 23.8 Å². The maximum Gasteiger partial charge on any atom is 0.231 e. The van der Waals surface area contributed by atoms with E-state index in [4.69, 9.17) is 23.8 Å². The van der Waals surface area contributed by atoms with Gasteiger partial charge >= 0.3 is 0 Å². The normalized spacial score (nSPS) is 19.7. The minimum absolute atomic E-state index is 0.152. The molecule has 0 unspecified atom stereocenters. The Morgan fingerprint density at radius 3 is 2.58 bits per heavy atom. The summed E-state index contributed by atoms with van der Waals surface area (Å²) in [5.74, 6) is 3.10. The number of rotatable bonds is 3. The number of hydroxylamine groups is 2. The first kappa shape index (κ1) is 15.8. The van der Waals surface area contributed by atoms with Crippen molar-refractivity contribution in [2.24, 2.45) is 0 Å². The van der Waals surface area contributed by atoms with Crippen molar-refractivity contribution in [3.63, 3.8) is 0 Å². The summed E-state index contributed by atoms with van der Waals surface area (Å²) in [7, 11) is 5.06. The van der Waals surface area contributed by atoms with Crippen molar-refractivity contribution in [2.45, 2.75) is 18.9 Å². The van der Waals surface area contributed by atoms with Gasteiger partial charge in [0.05, 0.1) is 27.4 Å². The van der Waals surface area contributed by atoms with Crippen LogP contribution in [0.15, 0.2) is 18.2 Å². The Balaban J connectivity index is 1.81. The molecule has 6 nitrogen and oxygen atoms in total. The summed E-state index contributed by atoms with van der Waals surface area (Å²) in [5.41, 5.74) is 6.00. The first-order valence-corrected chi connectivity index (χ1v) is 8.76. The van der Waals surface area contributed by atoms with Crippen LogP contribution in [0.4, 0.5) is 0 Å². The molecule has 0 saturated carbocycles. The van der Waals surface area contributed by atoms with Gasteiger partial charge in [-0.1, -0.05) is 0 Å². The smallest absolute Gasteiger partial charge is 0.231 e. The van der Waals surface area contributed by atoms with Crippen LogP contribution in [-0.4, -0.2) is 39.7 Å². The zero-order valence-electron chi connectivity index (χ0n) is 15.1. The molecule has 2 aliphatic heterocycles. The van der Waals surface area contributed by atoms with Crippen molar-refractivity contribution in [1.29, 1.82) is 0 Å². The molecule has 3 aliphatic rings. The summed E-state index contributed by atoms with van der Waals surface area (Å²) in [4.78, 5) is 5.68. The summed E-state index contributed by atoms with van der Waals surface area (Å²) in [6.07, 6.45) is 1.77. The fourth-order valence-electron chi connectivity index (χ4n) is 4.45. The number of methoxy groups -OCH3 is 2. The van der Waals surface area contributed by atoms with Crippen molar-refractivity contribution in [2.75, 3.05) is 34.7 Å². The molecule has 0 radical (unpaired) electrons. The zero-order chi connectivity index (χ0) is 17.8. The standard InChI is InChI=1S/C20H21NO5/c1-22-15-8-12-6-14-18-11(4-5-21(14)24-3)7-17-20(26-10-25-17)19(18)13(12)9-16(15)23-2/h7-9,14H,4-6,10H2,1-3H3/t14-/m1/s1. The molecule has 6 heteroatoms. The average molecular weight is 355 g/mol. The molecule has 1 aliphatic carbocycles. The van der Waals surface area contributed by atoms with Crippen LogP contribution in [0.2, 0.25) is 0 Å². The van der Waals surface area contributed by atoms with E-state index in [0.29, 0.717) is 0 Å². The van der Waals surface area contributed by atoms with Crippen molar-refractivity contribution in [3.8, 4) is 34.1 Å². The predicted octanol–water partition coefficient (Wildman–Crippen LogP) is 3.12. The molecular formula is C20H21NO5. The summed E-state index contributed by atoms with van der Waals surface area (Å²) >= 11 is 0. The molecule has 0 N–H and O–H groups in total. The van der Waals surface area contributed by atoms with Gasteiger partial charge in [-0.2, -0.15) is 5.06 Å². The fraction of sp³-hybridized carbons (Fsp3) is 0.400. The molecule has 5 rings (SSSR count). The van der Waals surface area contributed by atoms with Gasteiger partial charge in [0.2, 0.25) is 6.79 Å². The third-order valence-corrected chi connectivity index (χ3v) is 5.60. The minimum atomic E-state index is 0.152. The Kier molecular flexibility index (Phi) is 3.52. The zero-order valence-corrected chi connectivity index (χ0v) is 15.1. The van der Waals surface area contributed by atoms with Crippen LogP contribution in [-0.2, 0) is 17.7 Å². The molecule has 26 heavy (non-hydrogen) atoms. The Bertz CT molecular complexity index is 895. The first-order valence-electron chi connectivity index (χ1n) is 8.76. The molecule has 0 saturated heterocycles. The van der Waals surface area contributed by atoms with Gasteiger partial charge in [0.15, 0.2) is 23.0 Å². The lowest BCUT2D eigenvalue weighted by Crippen LogP contribution is -2.37. The van der Waals surface area contributed by atoms with Crippen LogP contribution in [0.3, 0.4) is 0 Å².